The van der Waals surface area contributed by atoms with Gasteiger partial charge in [0.2, 0.25) is 11.6 Å². The van der Waals surface area contributed by atoms with Crippen LogP contribution in [-0.4, -0.2) is 31.6 Å². The first kappa shape index (κ1) is 21.4. The Labute approximate surface area is 184 Å². The Kier molecular flexibility index (Phi) is 6.39. The lowest BCUT2D eigenvalue weighted by molar-refractivity contribution is -0.121. The molecule has 0 fully saturated rings. The van der Waals surface area contributed by atoms with Crippen molar-refractivity contribution in [2.45, 2.75) is 32.1 Å². The fourth-order valence-corrected chi connectivity index (χ4v) is 3.60. The van der Waals surface area contributed by atoms with E-state index in [1.54, 1.807) is 28.9 Å². The molecule has 0 bridgehead atoms. The van der Waals surface area contributed by atoms with Gasteiger partial charge in [0.15, 0.2) is 0 Å². The molecule has 8 heteroatoms. The zero-order valence-corrected chi connectivity index (χ0v) is 17.7. The SMILES string of the molecule is C[C@H](CNC(=O)CCCc1nnc2c(=O)n(-c3cccc(F)c3)ccn12)c1ccccc1. The summed E-state index contributed by atoms with van der Waals surface area (Å²) < 4.78 is 16.5. The molecule has 1 atom stereocenters. The summed E-state index contributed by atoms with van der Waals surface area (Å²) in [6, 6.07) is 15.8. The van der Waals surface area contributed by atoms with Crippen molar-refractivity contribution in [3.63, 3.8) is 0 Å². The first-order valence-electron chi connectivity index (χ1n) is 10.6. The van der Waals surface area contributed by atoms with E-state index in [2.05, 4.69) is 34.6 Å². The van der Waals surface area contributed by atoms with Gasteiger partial charge in [0, 0.05) is 31.8 Å². The van der Waals surface area contributed by atoms with Gasteiger partial charge in [0.25, 0.3) is 0 Å². The molecule has 1 N–H and O–H groups in total. The average Bonchev–Trinajstić information content (AvgIpc) is 3.22. The molecule has 2 aromatic heterocycles. The third-order valence-electron chi connectivity index (χ3n) is 5.41. The molecule has 0 saturated heterocycles. The number of amides is 1. The largest absolute Gasteiger partial charge is 0.356 e. The third kappa shape index (κ3) is 4.74. The molecule has 0 unspecified atom stereocenters. The molecule has 4 rings (SSSR count). The van der Waals surface area contributed by atoms with Gasteiger partial charge in [-0.2, -0.15) is 0 Å². The van der Waals surface area contributed by atoms with Gasteiger partial charge in [-0.15, -0.1) is 10.2 Å². The minimum absolute atomic E-state index is 0.0185. The number of aromatic nitrogens is 4. The maximum Gasteiger partial charge on any atom is 0.300 e. The highest BCUT2D eigenvalue weighted by Gasteiger charge is 2.13. The number of aryl methyl sites for hydroxylation is 1. The van der Waals surface area contributed by atoms with Crippen molar-refractivity contribution in [1.82, 2.24) is 24.5 Å². The standard InChI is InChI=1S/C24H24FN5O2/c1-17(18-7-3-2-4-8-18)16-26-22(31)12-6-11-21-27-28-23-24(32)29(13-14-30(21)23)20-10-5-9-19(25)15-20/h2-5,7-10,13-15,17H,6,11-12,16H2,1H3,(H,26,31)/t17-/m1/s1. The van der Waals surface area contributed by atoms with Crippen molar-refractivity contribution in [3.8, 4) is 5.69 Å². The van der Waals surface area contributed by atoms with E-state index in [0.29, 0.717) is 37.3 Å². The van der Waals surface area contributed by atoms with Crippen LogP contribution in [0, 0.1) is 5.82 Å². The van der Waals surface area contributed by atoms with E-state index in [0.717, 1.165) is 0 Å². The van der Waals surface area contributed by atoms with Crippen LogP contribution in [0.1, 0.15) is 37.1 Å². The summed E-state index contributed by atoms with van der Waals surface area (Å²) in [5.74, 6) is 0.401. The Morgan fingerprint density at radius 3 is 2.69 bits per heavy atom. The molecule has 0 aliphatic heterocycles. The van der Waals surface area contributed by atoms with Crippen LogP contribution >= 0.6 is 0 Å². The van der Waals surface area contributed by atoms with Crippen molar-refractivity contribution < 1.29 is 9.18 Å². The van der Waals surface area contributed by atoms with E-state index in [1.165, 1.54) is 22.3 Å². The van der Waals surface area contributed by atoms with Gasteiger partial charge in [-0.1, -0.05) is 43.3 Å². The fourth-order valence-electron chi connectivity index (χ4n) is 3.60. The maximum absolute atomic E-state index is 13.5. The predicted octanol–water partition coefficient (Wildman–Crippen LogP) is 3.26. The molecule has 0 aliphatic carbocycles. The van der Waals surface area contributed by atoms with E-state index in [-0.39, 0.29) is 23.0 Å². The van der Waals surface area contributed by atoms with Crippen LogP contribution in [0.2, 0.25) is 0 Å². The van der Waals surface area contributed by atoms with Gasteiger partial charge in [-0.3, -0.25) is 18.6 Å². The Hall–Kier alpha value is -3.81. The van der Waals surface area contributed by atoms with Crippen LogP contribution in [-0.2, 0) is 11.2 Å². The zero-order valence-electron chi connectivity index (χ0n) is 17.7. The van der Waals surface area contributed by atoms with E-state index < -0.39 is 5.82 Å². The van der Waals surface area contributed by atoms with E-state index in [1.807, 2.05) is 18.2 Å². The second-order valence-electron chi connectivity index (χ2n) is 7.73. The molecule has 32 heavy (non-hydrogen) atoms. The molecule has 0 radical (unpaired) electrons. The lowest BCUT2D eigenvalue weighted by atomic mass is 10.0. The van der Waals surface area contributed by atoms with E-state index in [4.69, 9.17) is 0 Å². The highest BCUT2D eigenvalue weighted by molar-refractivity contribution is 5.75. The van der Waals surface area contributed by atoms with E-state index in [9.17, 15) is 14.0 Å². The molecule has 164 valence electrons. The van der Waals surface area contributed by atoms with E-state index >= 15 is 0 Å². The van der Waals surface area contributed by atoms with Crippen LogP contribution in [0.4, 0.5) is 4.39 Å². The maximum atomic E-state index is 13.5. The van der Waals surface area contributed by atoms with Crippen LogP contribution in [0.25, 0.3) is 11.3 Å². The van der Waals surface area contributed by atoms with Crippen molar-refractivity contribution >= 4 is 11.6 Å². The predicted molar refractivity (Wildman–Crippen MR) is 119 cm³/mol. The minimum Gasteiger partial charge on any atom is -0.356 e. The lowest BCUT2D eigenvalue weighted by Crippen LogP contribution is -2.27. The van der Waals surface area contributed by atoms with Gasteiger partial charge in [0.1, 0.15) is 11.6 Å². The average molecular weight is 433 g/mol. The molecule has 0 saturated carbocycles. The Morgan fingerprint density at radius 1 is 1.09 bits per heavy atom. The Morgan fingerprint density at radius 2 is 1.91 bits per heavy atom. The number of carbonyl (C=O) groups excluding carboxylic acids is 1. The number of hydrogen-bond donors (Lipinski definition) is 1. The van der Waals surface area contributed by atoms with Crippen molar-refractivity contribution in [2.75, 3.05) is 6.54 Å². The summed E-state index contributed by atoms with van der Waals surface area (Å²) in [6.45, 7) is 2.66. The molecule has 2 heterocycles. The monoisotopic (exact) mass is 433 g/mol. The number of benzene rings is 2. The summed E-state index contributed by atoms with van der Waals surface area (Å²) in [6.07, 6.45) is 4.69. The molecule has 1 amide bonds. The fraction of sp³-hybridized carbons (Fsp3) is 0.250. The molecular weight excluding hydrogens is 409 g/mol. The molecular formula is C24H24FN5O2. The summed E-state index contributed by atoms with van der Waals surface area (Å²) in [4.78, 5) is 25.0. The number of nitrogens with zero attached hydrogens (tertiary/aromatic N) is 4. The number of fused-ring (bicyclic) bond motifs is 1. The molecule has 0 aliphatic rings. The third-order valence-corrected chi connectivity index (χ3v) is 5.41. The second-order valence-corrected chi connectivity index (χ2v) is 7.73. The van der Waals surface area contributed by atoms with Crippen molar-refractivity contribution in [3.05, 3.63) is 94.5 Å². The van der Waals surface area contributed by atoms with Crippen LogP contribution in [0.3, 0.4) is 0 Å². The van der Waals surface area contributed by atoms with Crippen molar-refractivity contribution in [1.29, 1.82) is 0 Å². The summed E-state index contributed by atoms with van der Waals surface area (Å²) in [5.41, 5.74) is 1.38. The summed E-state index contributed by atoms with van der Waals surface area (Å²) >= 11 is 0. The van der Waals surface area contributed by atoms with Gasteiger partial charge in [-0.05, 0) is 36.1 Å². The lowest BCUT2D eigenvalue weighted by Gasteiger charge is -2.13. The normalized spacial score (nSPS) is 12.1. The highest BCUT2D eigenvalue weighted by atomic mass is 19.1. The second kappa shape index (κ2) is 9.55. The minimum atomic E-state index is -0.423. The number of halogens is 1. The molecule has 4 aromatic rings. The Balaban J connectivity index is 1.35. The molecule has 0 spiro atoms. The van der Waals surface area contributed by atoms with Crippen LogP contribution < -0.4 is 10.9 Å². The van der Waals surface area contributed by atoms with Gasteiger partial charge >= 0.3 is 5.56 Å². The number of carbonyl (C=O) groups is 1. The van der Waals surface area contributed by atoms with Gasteiger partial charge in [-0.25, -0.2) is 4.39 Å². The quantitative estimate of drug-likeness (QED) is 0.463. The molecule has 2 aromatic carbocycles. The van der Waals surface area contributed by atoms with Gasteiger partial charge < -0.3 is 5.32 Å². The van der Waals surface area contributed by atoms with Crippen LogP contribution in [0.15, 0.2) is 71.8 Å². The first-order chi connectivity index (χ1) is 15.5. The number of nitrogens with one attached hydrogen (secondary N) is 1. The zero-order chi connectivity index (χ0) is 22.5. The first-order valence-corrected chi connectivity index (χ1v) is 10.6. The highest BCUT2D eigenvalue weighted by Crippen LogP contribution is 2.13. The van der Waals surface area contributed by atoms with Gasteiger partial charge in [0.05, 0.1) is 5.69 Å². The Bertz CT molecular complexity index is 1280. The summed E-state index contributed by atoms with van der Waals surface area (Å²) in [7, 11) is 0. The summed E-state index contributed by atoms with van der Waals surface area (Å²) in [5, 5.41) is 11.1. The number of hydrogen-bond acceptors (Lipinski definition) is 4. The topological polar surface area (TPSA) is 81.3 Å². The van der Waals surface area contributed by atoms with Crippen molar-refractivity contribution in [2.24, 2.45) is 0 Å². The molecule has 7 nitrogen and oxygen atoms in total. The number of rotatable bonds is 8. The smallest absolute Gasteiger partial charge is 0.300 e. The van der Waals surface area contributed by atoms with Crippen LogP contribution in [0.5, 0.6) is 0 Å².